The van der Waals surface area contributed by atoms with E-state index in [-0.39, 0.29) is 5.78 Å². The molecule has 0 radical (unpaired) electrons. The summed E-state index contributed by atoms with van der Waals surface area (Å²) < 4.78 is 0.901. The lowest BCUT2D eigenvalue weighted by Gasteiger charge is -2.10. The lowest BCUT2D eigenvalue weighted by molar-refractivity contribution is 0.104. The highest BCUT2D eigenvalue weighted by Crippen LogP contribution is 2.34. The number of hydrogen-bond acceptors (Lipinski definition) is 2. The quantitative estimate of drug-likeness (QED) is 0.174. The van der Waals surface area contributed by atoms with Gasteiger partial charge in [0.25, 0.3) is 0 Å². The monoisotopic (exact) mass is 544 g/mol. The molecule has 7 heteroatoms. The molecule has 0 N–H and O–H groups in total. The van der Waals surface area contributed by atoms with Crippen molar-refractivity contribution in [3.05, 3.63) is 107 Å². The summed E-state index contributed by atoms with van der Waals surface area (Å²) >= 11 is 29.4. The summed E-state index contributed by atoms with van der Waals surface area (Å²) in [5.74, 6) is 0.487. The molecule has 0 amide bonds. The van der Waals surface area contributed by atoms with Crippen LogP contribution in [0.4, 0.5) is 0 Å². The van der Waals surface area contributed by atoms with Crippen LogP contribution in [0.25, 0.3) is 6.08 Å². The number of halogens is 5. The van der Waals surface area contributed by atoms with Crippen molar-refractivity contribution in [2.75, 3.05) is 0 Å². The zero-order valence-electron chi connectivity index (χ0n) is 14.8. The Morgan fingerprint density at radius 2 is 1.55 bits per heavy atom. The lowest BCUT2D eigenvalue weighted by atomic mass is 10.1. The maximum atomic E-state index is 13.2. The van der Waals surface area contributed by atoms with Crippen molar-refractivity contribution < 1.29 is 4.79 Å². The highest BCUT2D eigenvalue weighted by molar-refractivity contribution is 9.10. The number of rotatable bonds is 6. The standard InChI is InChI=1S/C22H13BrCl4OS/c23-16-5-3-14(4-6-16)22(28)20(29-12-13-1-7-17(24)8-2-13)10-15-9-18(25)11-19(26)21(15)27/h1-11H,12H2/b20-10+. The van der Waals surface area contributed by atoms with Gasteiger partial charge in [-0.15, -0.1) is 11.8 Å². The summed E-state index contributed by atoms with van der Waals surface area (Å²) in [4.78, 5) is 13.7. The number of ketones is 1. The van der Waals surface area contributed by atoms with E-state index in [1.165, 1.54) is 11.8 Å². The molecule has 0 aliphatic heterocycles. The van der Waals surface area contributed by atoms with Crippen LogP contribution in [-0.2, 0) is 5.75 Å². The number of allylic oxidation sites excluding steroid dienone is 1. The molecule has 0 aliphatic rings. The second-order valence-electron chi connectivity index (χ2n) is 6.05. The van der Waals surface area contributed by atoms with Crippen LogP contribution in [0.15, 0.2) is 70.0 Å². The lowest BCUT2D eigenvalue weighted by Crippen LogP contribution is -2.01. The van der Waals surface area contributed by atoms with Gasteiger partial charge >= 0.3 is 0 Å². The molecule has 1 nitrogen and oxygen atoms in total. The van der Waals surface area contributed by atoms with E-state index in [4.69, 9.17) is 46.4 Å². The van der Waals surface area contributed by atoms with Gasteiger partial charge in [0, 0.05) is 25.8 Å². The highest BCUT2D eigenvalue weighted by atomic mass is 79.9. The first-order chi connectivity index (χ1) is 13.8. The van der Waals surface area contributed by atoms with E-state index in [1.807, 2.05) is 36.4 Å². The van der Waals surface area contributed by atoms with Gasteiger partial charge in [0.15, 0.2) is 5.78 Å². The topological polar surface area (TPSA) is 17.1 Å². The molecule has 0 heterocycles. The average molecular weight is 547 g/mol. The fourth-order valence-electron chi connectivity index (χ4n) is 2.48. The number of Topliss-reactive ketones (excluding diaryl/α,β-unsaturated/α-hetero) is 1. The van der Waals surface area contributed by atoms with Gasteiger partial charge in [-0.05, 0) is 65.7 Å². The first-order valence-electron chi connectivity index (χ1n) is 8.37. The van der Waals surface area contributed by atoms with Crippen molar-refractivity contribution in [2.45, 2.75) is 5.75 Å². The SMILES string of the molecule is O=C(/C(=C\c1cc(Cl)cc(Cl)c1Cl)SCc1ccc(Cl)cc1)c1ccc(Br)cc1. The predicted octanol–water partition coefficient (Wildman–Crippen LogP) is 9.22. The summed E-state index contributed by atoms with van der Waals surface area (Å²) in [5.41, 5.74) is 2.21. The van der Waals surface area contributed by atoms with Crippen molar-refractivity contribution in [1.82, 2.24) is 0 Å². The zero-order chi connectivity index (χ0) is 21.0. The van der Waals surface area contributed by atoms with E-state index >= 15 is 0 Å². The van der Waals surface area contributed by atoms with Gasteiger partial charge in [-0.2, -0.15) is 0 Å². The summed E-state index contributed by atoms with van der Waals surface area (Å²) in [6.07, 6.45) is 1.73. The number of thioether (sulfide) groups is 1. The van der Waals surface area contributed by atoms with E-state index in [2.05, 4.69) is 15.9 Å². The third kappa shape index (κ3) is 6.27. The molecule has 0 atom stereocenters. The molecule has 29 heavy (non-hydrogen) atoms. The molecule has 3 aromatic rings. The van der Waals surface area contributed by atoms with Crippen LogP contribution in [0.3, 0.4) is 0 Å². The number of benzene rings is 3. The Labute approximate surface area is 202 Å². The van der Waals surface area contributed by atoms with Crippen molar-refractivity contribution in [3.8, 4) is 0 Å². The Balaban J connectivity index is 1.97. The van der Waals surface area contributed by atoms with Crippen LogP contribution in [0.1, 0.15) is 21.5 Å². The molecule has 148 valence electrons. The van der Waals surface area contributed by atoms with E-state index in [0.717, 1.165) is 10.0 Å². The average Bonchev–Trinajstić information content (AvgIpc) is 2.70. The van der Waals surface area contributed by atoms with Crippen molar-refractivity contribution >= 4 is 86.0 Å². The highest BCUT2D eigenvalue weighted by Gasteiger charge is 2.15. The summed E-state index contributed by atoms with van der Waals surface area (Å²) in [7, 11) is 0. The van der Waals surface area contributed by atoms with Gasteiger partial charge in [-0.25, -0.2) is 0 Å². The van der Waals surface area contributed by atoms with Crippen molar-refractivity contribution in [3.63, 3.8) is 0 Å². The second kappa shape index (κ2) is 10.4. The summed E-state index contributed by atoms with van der Waals surface area (Å²) in [5, 5.41) is 1.80. The van der Waals surface area contributed by atoms with Crippen LogP contribution in [0.5, 0.6) is 0 Å². The first kappa shape index (κ1) is 22.7. The maximum absolute atomic E-state index is 13.2. The van der Waals surface area contributed by atoms with E-state index in [0.29, 0.717) is 41.9 Å². The first-order valence-corrected chi connectivity index (χ1v) is 11.7. The largest absolute Gasteiger partial charge is 0.288 e. The minimum absolute atomic E-state index is 0.108. The zero-order valence-corrected chi connectivity index (χ0v) is 20.2. The maximum Gasteiger partial charge on any atom is 0.199 e. The van der Waals surface area contributed by atoms with Gasteiger partial charge in [-0.3, -0.25) is 4.79 Å². The van der Waals surface area contributed by atoms with Crippen molar-refractivity contribution in [2.24, 2.45) is 0 Å². The van der Waals surface area contributed by atoms with E-state index in [9.17, 15) is 4.79 Å². The van der Waals surface area contributed by atoms with Gasteiger partial charge in [0.2, 0.25) is 0 Å². The summed E-state index contributed by atoms with van der Waals surface area (Å²) in [6, 6.07) is 18.0. The Hall–Kier alpha value is -0.940. The molecule has 3 aromatic carbocycles. The van der Waals surface area contributed by atoms with E-state index < -0.39 is 0 Å². The fourth-order valence-corrected chi connectivity index (χ4v) is 4.52. The minimum Gasteiger partial charge on any atom is -0.288 e. The van der Waals surface area contributed by atoms with Crippen LogP contribution in [-0.4, -0.2) is 5.78 Å². The molecule has 0 unspecified atom stereocenters. The third-order valence-electron chi connectivity index (χ3n) is 3.95. The Morgan fingerprint density at radius 3 is 2.21 bits per heavy atom. The van der Waals surface area contributed by atoms with Gasteiger partial charge in [0.1, 0.15) is 0 Å². The van der Waals surface area contributed by atoms with Crippen LogP contribution in [0.2, 0.25) is 20.1 Å². The normalized spacial score (nSPS) is 11.6. The Morgan fingerprint density at radius 1 is 0.897 bits per heavy atom. The summed E-state index contributed by atoms with van der Waals surface area (Å²) in [6.45, 7) is 0. The van der Waals surface area contributed by atoms with E-state index in [1.54, 1.807) is 30.3 Å². The predicted molar refractivity (Wildman–Crippen MR) is 131 cm³/mol. The molecule has 0 saturated carbocycles. The molecule has 0 bridgehead atoms. The molecule has 0 fully saturated rings. The van der Waals surface area contributed by atoms with Gasteiger partial charge in [0.05, 0.1) is 15.0 Å². The van der Waals surface area contributed by atoms with Gasteiger partial charge < -0.3 is 0 Å². The Bertz CT molecular complexity index is 1060. The number of carbonyl (C=O) groups is 1. The van der Waals surface area contributed by atoms with Crippen LogP contribution in [0, 0.1) is 0 Å². The third-order valence-corrected chi connectivity index (χ3v) is 6.85. The fraction of sp³-hybridized carbons (Fsp3) is 0.0455. The molecular weight excluding hydrogens is 534 g/mol. The van der Waals surface area contributed by atoms with Crippen LogP contribution >= 0.6 is 74.1 Å². The molecule has 0 aliphatic carbocycles. The number of carbonyl (C=O) groups excluding carboxylic acids is 1. The molecular formula is C22H13BrCl4OS. The molecule has 3 rings (SSSR count). The smallest absolute Gasteiger partial charge is 0.199 e. The van der Waals surface area contributed by atoms with Crippen molar-refractivity contribution in [1.29, 1.82) is 0 Å². The minimum atomic E-state index is -0.108. The Kier molecular flexibility index (Phi) is 8.15. The van der Waals surface area contributed by atoms with Gasteiger partial charge in [-0.1, -0.05) is 74.5 Å². The second-order valence-corrected chi connectivity index (χ2v) is 9.64. The molecule has 0 aromatic heterocycles. The number of hydrogen-bond donors (Lipinski definition) is 0. The molecule has 0 saturated heterocycles. The molecule has 0 spiro atoms. The van der Waals surface area contributed by atoms with Crippen LogP contribution < -0.4 is 0 Å².